The summed E-state index contributed by atoms with van der Waals surface area (Å²) in [5.74, 6) is 1.75. The molecule has 3 heterocycles. The van der Waals surface area contributed by atoms with Gasteiger partial charge in [0.05, 0.1) is 11.7 Å². The van der Waals surface area contributed by atoms with Crippen LogP contribution >= 0.6 is 11.6 Å². The monoisotopic (exact) mass is 525 g/mol. The van der Waals surface area contributed by atoms with Crippen LogP contribution < -0.4 is 10.5 Å². The number of carbonyl (C=O) groups excluding carboxylic acids is 1. The van der Waals surface area contributed by atoms with Crippen LogP contribution in [0.4, 0.5) is 5.82 Å². The van der Waals surface area contributed by atoms with E-state index in [2.05, 4.69) is 35.4 Å². The molecular formula is C29H40ClN5O2. The van der Waals surface area contributed by atoms with E-state index < -0.39 is 0 Å². The molecule has 0 bridgehead atoms. The molecule has 0 saturated carbocycles. The molecule has 0 unspecified atom stereocenters. The predicted molar refractivity (Wildman–Crippen MR) is 152 cm³/mol. The quantitative estimate of drug-likeness (QED) is 0.269. The largest absolute Gasteiger partial charge is 0.348 e. The maximum absolute atomic E-state index is 13.3. The first kappa shape index (κ1) is 27.4. The van der Waals surface area contributed by atoms with E-state index in [-0.39, 0.29) is 11.6 Å². The zero-order valence-corrected chi connectivity index (χ0v) is 23.2. The van der Waals surface area contributed by atoms with E-state index in [1.54, 1.807) is 16.7 Å². The first-order valence-electron chi connectivity index (χ1n) is 13.7. The van der Waals surface area contributed by atoms with Gasteiger partial charge in [-0.1, -0.05) is 49.9 Å². The van der Waals surface area contributed by atoms with Crippen molar-refractivity contribution in [1.29, 1.82) is 0 Å². The average molecular weight is 526 g/mol. The van der Waals surface area contributed by atoms with Crippen molar-refractivity contribution in [2.45, 2.75) is 77.3 Å². The topological polar surface area (TPSA) is 62.9 Å². The summed E-state index contributed by atoms with van der Waals surface area (Å²) in [7, 11) is 4.16. The molecule has 1 aliphatic rings. The number of imidazole rings is 1. The van der Waals surface area contributed by atoms with Gasteiger partial charge in [0.25, 0.3) is 5.56 Å². The van der Waals surface area contributed by atoms with Crippen LogP contribution in [0.5, 0.6) is 0 Å². The third kappa shape index (κ3) is 6.63. The molecule has 1 atom stereocenters. The van der Waals surface area contributed by atoms with Gasteiger partial charge in [-0.25, -0.2) is 4.98 Å². The number of carbonyl (C=O) groups is 1. The first-order valence-corrected chi connectivity index (χ1v) is 14.1. The van der Waals surface area contributed by atoms with Crippen LogP contribution in [0.1, 0.15) is 64.7 Å². The summed E-state index contributed by atoms with van der Waals surface area (Å²) in [5.41, 5.74) is 1.53. The number of hydrogen-bond donors (Lipinski definition) is 0. The Kier molecular flexibility index (Phi) is 9.43. The molecule has 4 rings (SSSR count). The number of Topliss-reactive ketones (excluding diaryl/α,β-unsaturated/α-hetero) is 1. The number of benzene rings is 1. The lowest BCUT2D eigenvalue weighted by Gasteiger charge is -2.29. The van der Waals surface area contributed by atoms with Crippen LogP contribution in [-0.2, 0) is 11.3 Å². The zero-order chi connectivity index (χ0) is 26.4. The highest BCUT2D eigenvalue weighted by atomic mass is 35.5. The SMILES string of the molecule is CCCCCn1c(N2CCC[C@H]2C(=O)CCCCCN(C)C)cc(=O)n2cc(-c3ccc(Cl)cc3)nc12. The molecule has 1 fully saturated rings. The van der Waals surface area contributed by atoms with Gasteiger partial charge in [0, 0.05) is 42.4 Å². The molecule has 1 aliphatic heterocycles. The minimum Gasteiger partial charge on any atom is -0.348 e. The van der Waals surface area contributed by atoms with Crippen molar-refractivity contribution in [3.05, 3.63) is 51.9 Å². The highest BCUT2D eigenvalue weighted by Gasteiger charge is 2.32. The van der Waals surface area contributed by atoms with Gasteiger partial charge < -0.3 is 9.80 Å². The maximum Gasteiger partial charge on any atom is 0.261 e. The van der Waals surface area contributed by atoms with E-state index in [0.717, 1.165) is 88.1 Å². The Morgan fingerprint density at radius 1 is 1.11 bits per heavy atom. The fourth-order valence-corrected chi connectivity index (χ4v) is 5.39. The Bertz CT molecular complexity index is 1250. The van der Waals surface area contributed by atoms with E-state index in [4.69, 9.17) is 16.6 Å². The average Bonchev–Trinajstić information content (AvgIpc) is 3.54. The smallest absolute Gasteiger partial charge is 0.261 e. The summed E-state index contributed by atoms with van der Waals surface area (Å²) in [6.45, 7) is 4.77. The molecule has 1 aromatic carbocycles. The van der Waals surface area contributed by atoms with E-state index in [0.29, 0.717) is 23.0 Å². The van der Waals surface area contributed by atoms with Crippen molar-refractivity contribution in [1.82, 2.24) is 18.9 Å². The molecule has 0 N–H and O–H groups in total. The van der Waals surface area contributed by atoms with E-state index in [1.165, 1.54) is 0 Å². The van der Waals surface area contributed by atoms with Crippen molar-refractivity contribution in [2.24, 2.45) is 0 Å². The number of aromatic nitrogens is 3. The molecule has 7 nitrogen and oxygen atoms in total. The van der Waals surface area contributed by atoms with Crippen LogP contribution in [-0.4, -0.2) is 57.9 Å². The lowest BCUT2D eigenvalue weighted by molar-refractivity contribution is -0.120. The molecule has 2 aromatic heterocycles. The first-order chi connectivity index (χ1) is 17.9. The number of halogens is 1. The molecule has 0 radical (unpaired) electrons. The Labute approximate surface area is 225 Å². The highest BCUT2D eigenvalue weighted by Crippen LogP contribution is 2.29. The van der Waals surface area contributed by atoms with Crippen molar-refractivity contribution < 1.29 is 4.79 Å². The van der Waals surface area contributed by atoms with Gasteiger partial charge in [-0.3, -0.25) is 18.6 Å². The Morgan fingerprint density at radius 3 is 2.62 bits per heavy atom. The van der Waals surface area contributed by atoms with Crippen LogP contribution in [0.25, 0.3) is 17.0 Å². The molecule has 200 valence electrons. The van der Waals surface area contributed by atoms with Crippen molar-refractivity contribution in [2.75, 3.05) is 32.1 Å². The molecule has 1 saturated heterocycles. The third-order valence-corrected chi connectivity index (χ3v) is 7.52. The fourth-order valence-electron chi connectivity index (χ4n) is 5.26. The number of anilines is 1. The number of hydrogen-bond acceptors (Lipinski definition) is 5. The molecule has 8 heteroatoms. The van der Waals surface area contributed by atoms with E-state index in [1.807, 2.05) is 24.3 Å². The fraction of sp³-hybridized carbons (Fsp3) is 0.552. The number of nitrogens with zero attached hydrogens (tertiary/aromatic N) is 5. The molecule has 37 heavy (non-hydrogen) atoms. The van der Waals surface area contributed by atoms with Gasteiger partial charge in [-0.15, -0.1) is 0 Å². The molecule has 0 spiro atoms. The minimum absolute atomic E-state index is 0.119. The van der Waals surface area contributed by atoms with Gasteiger partial charge in [0.2, 0.25) is 5.78 Å². The van der Waals surface area contributed by atoms with Crippen LogP contribution in [0.3, 0.4) is 0 Å². The number of unbranched alkanes of at least 4 members (excludes halogenated alkanes) is 4. The Balaban J connectivity index is 1.64. The summed E-state index contributed by atoms with van der Waals surface area (Å²) < 4.78 is 3.79. The summed E-state index contributed by atoms with van der Waals surface area (Å²) >= 11 is 6.08. The van der Waals surface area contributed by atoms with Crippen molar-refractivity contribution in [3.63, 3.8) is 0 Å². The number of fused-ring (bicyclic) bond motifs is 1. The van der Waals surface area contributed by atoms with Gasteiger partial charge in [-0.2, -0.15) is 0 Å². The lowest BCUT2D eigenvalue weighted by atomic mass is 10.0. The maximum atomic E-state index is 13.3. The second-order valence-electron chi connectivity index (χ2n) is 10.4. The predicted octanol–water partition coefficient (Wildman–Crippen LogP) is 5.67. The van der Waals surface area contributed by atoms with Crippen LogP contribution in [0.2, 0.25) is 5.02 Å². The third-order valence-electron chi connectivity index (χ3n) is 7.27. The highest BCUT2D eigenvalue weighted by molar-refractivity contribution is 6.30. The molecule has 3 aromatic rings. The zero-order valence-electron chi connectivity index (χ0n) is 22.5. The molecule has 0 aliphatic carbocycles. The van der Waals surface area contributed by atoms with Crippen LogP contribution in [0, 0.1) is 0 Å². The van der Waals surface area contributed by atoms with Gasteiger partial charge in [0.1, 0.15) is 5.82 Å². The summed E-state index contributed by atoms with van der Waals surface area (Å²) in [5, 5.41) is 0.663. The van der Waals surface area contributed by atoms with Gasteiger partial charge in [0.15, 0.2) is 5.78 Å². The van der Waals surface area contributed by atoms with Gasteiger partial charge in [-0.05, 0) is 64.9 Å². The molecule has 0 amide bonds. The number of aryl methyl sites for hydroxylation is 1. The van der Waals surface area contributed by atoms with E-state index >= 15 is 0 Å². The lowest BCUT2D eigenvalue weighted by Crippen LogP contribution is -2.39. The normalized spacial score (nSPS) is 15.8. The summed E-state index contributed by atoms with van der Waals surface area (Å²) in [6, 6.07) is 9.05. The summed E-state index contributed by atoms with van der Waals surface area (Å²) in [6.07, 6.45) is 10.5. The van der Waals surface area contributed by atoms with Gasteiger partial charge >= 0.3 is 0 Å². The second-order valence-corrected chi connectivity index (χ2v) is 10.9. The Hall–Kier alpha value is -2.64. The molecular weight excluding hydrogens is 486 g/mol. The van der Waals surface area contributed by atoms with E-state index in [9.17, 15) is 9.59 Å². The van der Waals surface area contributed by atoms with Crippen LogP contribution in [0.15, 0.2) is 41.3 Å². The summed E-state index contributed by atoms with van der Waals surface area (Å²) in [4.78, 5) is 35.8. The Morgan fingerprint density at radius 2 is 1.89 bits per heavy atom. The minimum atomic E-state index is -0.168. The second kappa shape index (κ2) is 12.7. The van der Waals surface area contributed by atoms with Crippen molar-refractivity contribution in [3.8, 4) is 11.3 Å². The van der Waals surface area contributed by atoms with Crippen molar-refractivity contribution >= 4 is 29.0 Å². The number of rotatable bonds is 13. The standard InChI is InChI=1S/C29H40ClN5O2/c1-4-5-8-18-34-27(33-19-10-11-25(33)26(36)12-7-6-9-17-32(2)3)20-28(37)35-21-24(31-29(34)35)22-13-15-23(30)16-14-22/h13-16,20-21,25H,4-12,17-19H2,1-3H3/t25-/m0/s1. The number of ketones is 1.